The molecule has 0 spiro atoms. The largest absolute Gasteiger partial charge is 0.370 e. The topological polar surface area (TPSA) is 64.4 Å². The molecule has 3 nitrogen and oxygen atoms in total. The summed E-state index contributed by atoms with van der Waals surface area (Å²) in [6.07, 6.45) is 0. The lowest BCUT2D eigenvalue weighted by atomic mass is 10.2. The van der Waals surface area contributed by atoms with Crippen LogP contribution < -0.4 is 11.5 Å². The molecule has 1 aromatic carbocycles. The van der Waals surface area contributed by atoms with E-state index in [0.29, 0.717) is 0 Å². The molecule has 6 heteroatoms. The molecule has 4 N–H and O–H groups in total. The van der Waals surface area contributed by atoms with E-state index in [9.17, 15) is 8.78 Å². The van der Waals surface area contributed by atoms with Crippen molar-refractivity contribution in [2.24, 2.45) is 16.5 Å². The van der Waals surface area contributed by atoms with Gasteiger partial charge >= 0.3 is 0 Å². The molecule has 0 aromatic heterocycles. The van der Waals surface area contributed by atoms with Gasteiger partial charge in [0.05, 0.1) is 6.54 Å². The number of nitrogens with zero attached hydrogens (tertiary/aromatic N) is 1. The first-order valence-electron chi connectivity index (χ1n) is 3.59. The van der Waals surface area contributed by atoms with E-state index >= 15 is 0 Å². The standard InChI is InChI=1S/C8H9F2N3.ClH/c9-6-2-1-3-7(10)5(6)4-13-8(11)12;/h1-3H,4H2,(H4,11,12,13);1H. The van der Waals surface area contributed by atoms with Crippen LogP contribution >= 0.6 is 12.4 Å². The SMILES string of the molecule is Cl.NC(N)=NCc1c(F)cccc1F. The van der Waals surface area contributed by atoms with E-state index in [0.717, 1.165) is 12.1 Å². The normalized spacial score (nSPS) is 9.00. The van der Waals surface area contributed by atoms with Gasteiger partial charge in [0.15, 0.2) is 5.96 Å². The van der Waals surface area contributed by atoms with E-state index in [1.807, 2.05) is 0 Å². The molecule has 0 aliphatic carbocycles. The first-order valence-corrected chi connectivity index (χ1v) is 3.59. The maximum Gasteiger partial charge on any atom is 0.186 e. The van der Waals surface area contributed by atoms with Gasteiger partial charge in [0, 0.05) is 5.56 Å². The minimum absolute atomic E-state index is 0. The van der Waals surface area contributed by atoms with E-state index in [2.05, 4.69) is 4.99 Å². The third-order valence-corrected chi connectivity index (χ3v) is 1.48. The molecular formula is C8H10ClF2N3. The van der Waals surface area contributed by atoms with Crippen LogP contribution in [-0.2, 0) is 6.54 Å². The highest BCUT2D eigenvalue weighted by Crippen LogP contribution is 2.12. The molecule has 0 atom stereocenters. The van der Waals surface area contributed by atoms with Crippen molar-refractivity contribution in [3.63, 3.8) is 0 Å². The van der Waals surface area contributed by atoms with Gasteiger partial charge < -0.3 is 11.5 Å². The van der Waals surface area contributed by atoms with Crippen LogP contribution in [0.3, 0.4) is 0 Å². The zero-order chi connectivity index (χ0) is 9.84. The third kappa shape index (κ3) is 3.18. The Kier molecular flexibility index (Phi) is 4.86. The fourth-order valence-corrected chi connectivity index (χ4v) is 0.854. The van der Waals surface area contributed by atoms with Crippen LogP contribution in [0.15, 0.2) is 23.2 Å². The third-order valence-electron chi connectivity index (χ3n) is 1.48. The number of halogens is 3. The highest BCUT2D eigenvalue weighted by atomic mass is 35.5. The van der Waals surface area contributed by atoms with E-state index in [1.54, 1.807) is 0 Å². The first-order chi connectivity index (χ1) is 6.11. The number of aliphatic imine (C=N–C) groups is 1. The summed E-state index contributed by atoms with van der Waals surface area (Å²) in [6, 6.07) is 3.59. The Hall–Kier alpha value is -1.36. The van der Waals surface area contributed by atoms with E-state index in [-0.39, 0.29) is 30.5 Å². The lowest BCUT2D eigenvalue weighted by molar-refractivity contribution is 0.557. The molecule has 0 heterocycles. The summed E-state index contributed by atoms with van der Waals surface area (Å²) in [5.74, 6) is -1.49. The summed E-state index contributed by atoms with van der Waals surface area (Å²) in [5.41, 5.74) is 9.92. The summed E-state index contributed by atoms with van der Waals surface area (Å²) in [4.78, 5) is 3.51. The maximum atomic E-state index is 12.9. The Morgan fingerprint density at radius 3 is 2.14 bits per heavy atom. The number of hydrogen-bond donors (Lipinski definition) is 2. The molecule has 14 heavy (non-hydrogen) atoms. The number of benzene rings is 1. The van der Waals surface area contributed by atoms with Gasteiger partial charge in [0.2, 0.25) is 0 Å². The zero-order valence-corrected chi connectivity index (χ0v) is 8.02. The van der Waals surface area contributed by atoms with Crippen molar-refractivity contribution in [3.05, 3.63) is 35.4 Å². The van der Waals surface area contributed by atoms with Crippen molar-refractivity contribution in [2.45, 2.75) is 6.54 Å². The fourth-order valence-electron chi connectivity index (χ4n) is 0.854. The Morgan fingerprint density at radius 2 is 1.71 bits per heavy atom. The van der Waals surface area contributed by atoms with Gasteiger partial charge in [-0.05, 0) is 12.1 Å². The molecule has 1 aromatic rings. The van der Waals surface area contributed by atoms with Crippen molar-refractivity contribution < 1.29 is 8.78 Å². The van der Waals surface area contributed by atoms with Crippen LogP contribution in [0, 0.1) is 11.6 Å². The monoisotopic (exact) mass is 221 g/mol. The quantitative estimate of drug-likeness (QED) is 0.582. The van der Waals surface area contributed by atoms with Crippen LogP contribution in [0.2, 0.25) is 0 Å². The molecule has 0 saturated carbocycles. The van der Waals surface area contributed by atoms with Gasteiger partial charge in [0.1, 0.15) is 11.6 Å². The fraction of sp³-hybridized carbons (Fsp3) is 0.125. The first kappa shape index (κ1) is 12.6. The van der Waals surface area contributed by atoms with Crippen molar-refractivity contribution in [2.75, 3.05) is 0 Å². The van der Waals surface area contributed by atoms with Gasteiger partial charge in [-0.1, -0.05) is 6.07 Å². The molecule has 0 radical (unpaired) electrons. The summed E-state index contributed by atoms with van der Waals surface area (Å²) in [5, 5.41) is 0. The zero-order valence-electron chi connectivity index (χ0n) is 7.21. The van der Waals surface area contributed by atoms with Crippen LogP contribution in [-0.4, -0.2) is 5.96 Å². The Bertz CT molecular complexity index is 317. The molecule has 0 unspecified atom stereocenters. The lowest BCUT2D eigenvalue weighted by Gasteiger charge is -2.00. The van der Waals surface area contributed by atoms with E-state index in [4.69, 9.17) is 11.5 Å². The smallest absolute Gasteiger partial charge is 0.186 e. The number of hydrogen-bond acceptors (Lipinski definition) is 1. The van der Waals surface area contributed by atoms with Crippen LogP contribution in [0.4, 0.5) is 8.78 Å². The van der Waals surface area contributed by atoms with E-state index < -0.39 is 11.6 Å². The van der Waals surface area contributed by atoms with Crippen molar-refractivity contribution >= 4 is 18.4 Å². The molecule has 1 rings (SSSR count). The number of nitrogens with two attached hydrogens (primary N) is 2. The van der Waals surface area contributed by atoms with Crippen LogP contribution in [0.5, 0.6) is 0 Å². The maximum absolute atomic E-state index is 12.9. The Morgan fingerprint density at radius 1 is 1.21 bits per heavy atom. The second-order valence-corrected chi connectivity index (χ2v) is 2.44. The molecule has 0 fully saturated rings. The summed E-state index contributed by atoms with van der Waals surface area (Å²) in [7, 11) is 0. The highest BCUT2D eigenvalue weighted by molar-refractivity contribution is 5.85. The van der Waals surface area contributed by atoms with Crippen molar-refractivity contribution in [1.29, 1.82) is 0 Å². The average Bonchev–Trinajstić information content (AvgIpc) is 2.03. The Balaban J connectivity index is 0.00000169. The molecule has 0 aliphatic rings. The molecule has 0 amide bonds. The molecule has 0 aliphatic heterocycles. The van der Waals surface area contributed by atoms with Gasteiger partial charge in [-0.15, -0.1) is 12.4 Å². The van der Waals surface area contributed by atoms with Crippen molar-refractivity contribution in [3.8, 4) is 0 Å². The average molecular weight is 222 g/mol. The Labute approximate surface area is 86.2 Å². The summed E-state index contributed by atoms with van der Waals surface area (Å²) >= 11 is 0. The van der Waals surface area contributed by atoms with E-state index in [1.165, 1.54) is 6.07 Å². The van der Waals surface area contributed by atoms with Gasteiger partial charge in [-0.2, -0.15) is 0 Å². The minimum Gasteiger partial charge on any atom is -0.370 e. The van der Waals surface area contributed by atoms with Crippen molar-refractivity contribution in [1.82, 2.24) is 0 Å². The molecular weight excluding hydrogens is 212 g/mol. The number of rotatable bonds is 2. The van der Waals surface area contributed by atoms with Crippen LogP contribution in [0.25, 0.3) is 0 Å². The summed E-state index contributed by atoms with van der Waals surface area (Å²) in [6.45, 7) is -0.180. The second kappa shape index (κ2) is 5.39. The highest BCUT2D eigenvalue weighted by Gasteiger charge is 2.06. The predicted octanol–water partition coefficient (Wildman–Crippen LogP) is 1.16. The summed E-state index contributed by atoms with van der Waals surface area (Å²) < 4.78 is 25.8. The number of guanidine groups is 1. The lowest BCUT2D eigenvalue weighted by Crippen LogP contribution is -2.22. The van der Waals surface area contributed by atoms with Gasteiger partial charge in [-0.25, -0.2) is 13.8 Å². The van der Waals surface area contributed by atoms with Crippen LogP contribution in [0.1, 0.15) is 5.56 Å². The van der Waals surface area contributed by atoms with Gasteiger partial charge in [0.25, 0.3) is 0 Å². The minimum atomic E-state index is -0.648. The second-order valence-electron chi connectivity index (χ2n) is 2.44. The predicted molar refractivity (Wildman–Crippen MR) is 53.1 cm³/mol. The molecule has 0 saturated heterocycles. The van der Waals surface area contributed by atoms with Gasteiger partial charge in [-0.3, -0.25) is 0 Å². The molecule has 78 valence electrons. The molecule has 0 bridgehead atoms.